The van der Waals surface area contributed by atoms with Gasteiger partial charge in [0.15, 0.2) is 0 Å². The largest absolute Gasteiger partial charge is 0.396 e. The fraction of sp³-hybridized carbons (Fsp3) is 0.417. The minimum atomic E-state index is -3.68. The summed E-state index contributed by atoms with van der Waals surface area (Å²) >= 11 is 0. The Hall–Kier alpha value is -2.40. The third-order valence-electron chi connectivity index (χ3n) is 6.49. The number of nitrogens with one attached hydrogen (secondary N) is 2. The lowest BCUT2D eigenvalue weighted by molar-refractivity contribution is 0.218. The van der Waals surface area contributed by atoms with E-state index >= 15 is 0 Å². The molecule has 1 fully saturated rings. The summed E-state index contributed by atoms with van der Waals surface area (Å²) in [5.74, 6) is -1.92. The van der Waals surface area contributed by atoms with Gasteiger partial charge in [-0.2, -0.15) is 12.7 Å². The summed E-state index contributed by atoms with van der Waals surface area (Å²) in [4.78, 5) is 3.05. The molecule has 1 aromatic heterocycles. The Morgan fingerprint density at radius 3 is 2.47 bits per heavy atom. The average Bonchev–Trinajstić information content (AvgIpc) is 3.12. The van der Waals surface area contributed by atoms with E-state index in [0.29, 0.717) is 29.5 Å². The number of aliphatic hydroxyl groups excluding tert-OH is 1. The molecule has 4 rings (SSSR count). The Balaban J connectivity index is 1.53. The molecule has 1 heterocycles. The van der Waals surface area contributed by atoms with Crippen LogP contribution in [0.25, 0.3) is 22.2 Å². The quantitative estimate of drug-likeness (QED) is 0.417. The molecule has 1 aliphatic carbocycles. The van der Waals surface area contributed by atoms with Gasteiger partial charge in [0.05, 0.1) is 11.2 Å². The molecule has 0 bridgehead atoms. The lowest BCUT2D eigenvalue weighted by Crippen LogP contribution is -2.44. The van der Waals surface area contributed by atoms with Crippen LogP contribution in [0.1, 0.15) is 31.2 Å². The van der Waals surface area contributed by atoms with Crippen LogP contribution < -0.4 is 4.72 Å². The van der Waals surface area contributed by atoms with Gasteiger partial charge >= 0.3 is 0 Å². The Labute approximate surface area is 197 Å². The number of nitrogens with zero attached hydrogens (tertiary/aromatic N) is 1. The van der Waals surface area contributed by atoms with Gasteiger partial charge in [0.25, 0.3) is 10.2 Å². The highest BCUT2D eigenvalue weighted by molar-refractivity contribution is 7.87. The first-order chi connectivity index (χ1) is 16.1. The molecule has 10 heteroatoms. The molecule has 1 unspecified atom stereocenters. The molecule has 34 heavy (non-hydrogen) atoms. The summed E-state index contributed by atoms with van der Waals surface area (Å²) in [5, 5.41) is 9.60. The monoisotopic (exact) mass is 495 g/mol. The van der Waals surface area contributed by atoms with Gasteiger partial charge in [-0.3, -0.25) is 0 Å². The predicted molar refractivity (Wildman–Crippen MR) is 125 cm³/mol. The average molecular weight is 496 g/mol. The molecule has 0 radical (unpaired) electrons. The van der Waals surface area contributed by atoms with E-state index in [9.17, 15) is 21.6 Å². The number of hydrogen-bond donors (Lipinski definition) is 3. The highest BCUT2D eigenvalue weighted by Gasteiger charge is 2.35. The fourth-order valence-electron chi connectivity index (χ4n) is 4.57. The van der Waals surface area contributed by atoms with Gasteiger partial charge in [0.1, 0.15) is 17.5 Å². The molecule has 3 aromatic rings. The van der Waals surface area contributed by atoms with Crippen LogP contribution in [0.15, 0.2) is 36.4 Å². The molecule has 0 saturated heterocycles. The fourth-order valence-corrected chi connectivity index (χ4v) is 5.69. The first kappa shape index (κ1) is 24.7. The van der Waals surface area contributed by atoms with E-state index in [1.54, 1.807) is 19.1 Å². The number of halogens is 3. The third kappa shape index (κ3) is 5.00. The van der Waals surface area contributed by atoms with E-state index in [1.807, 2.05) is 0 Å². The molecule has 0 spiro atoms. The van der Waals surface area contributed by atoms with E-state index in [2.05, 4.69) is 9.71 Å². The second-order valence-corrected chi connectivity index (χ2v) is 11.0. The first-order valence-electron chi connectivity index (χ1n) is 11.2. The van der Waals surface area contributed by atoms with Gasteiger partial charge in [-0.05, 0) is 72.1 Å². The lowest BCUT2D eigenvalue weighted by Gasteiger charge is -2.36. The van der Waals surface area contributed by atoms with Crippen molar-refractivity contribution in [2.75, 3.05) is 26.7 Å². The molecule has 2 aromatic carbocycles. The highest BCUT2D eigenvalue weighted by atomic mass is 32.2. The minimum absolute atomic E-state index is 0.0309. The van der Waals surface area contributed by atoms with Crippen LogP contribution >= 0.6 is 0 Å². The molecule has 6 nitrogen and oxygen atoms in total. The van der Waals surface area contributed by atoms with Crippen molar-refractivity contribution in [2.24, 2.45) is 11.8 Å². The Morgan fingerprint density at radius 1 is 1.15 bits per heavy atom. The van der Waals surface area contributed by atoms with Crippen molar-refractivity contribution in [2.45, 2.75) is 25.7 Å². The molecular weight excluding hydrogens is 467 g/mol. The Morgan fingerprint density at radius 2 is 1.82 bits per heavy atom. The number of H-pyrrole nitrogens is 1. The maximum Gasteiger partial charge on any atom is 0.279 e. The summed E-state index contributed by atoms with van der Waals surface area (Å²) in [6, 6.07) is 7.92. The van der Waals surface area contributed by atoms with E-state index < -0.39 is 27.7 Å². The highest BCUT2D eigenvalue weighted by Crippen LogP contribution is 2.48. The second kappa shape index (κ2) is 9.69. The van der Waals surface area contributed by atoms with Crippen molar-refractivity contribution in [1.82, 2.24) is 14.0 Å². The van der Waals surface area contributed by atoms with Gasteiger partial charge in [0.2, 0.25) is 0 Å². The Kier molecular flexibility index (Phi) is 7.04. The number of fused-ring (bicyclic) bond motifs is 1. The molecule has 0 amide bonds. The van der Waals surface area contributed by atoms with Crippen molar-refractivity contribution >= 4 is 21.1 Å². The van der Waals surface area contributed by atoms with Crippen LogP contribution in [-0.2, 0) is 10.2 Å². The van der Waals surface area contributed by atoms with Gasteiger partial charge in [-0.1, -0.05) is 6.92 Å². The standard InChI is InChI=1S/C24H28F3N3O3S/c1-14(13-31)12-30(2)34(32,33)28-11-15-7-17(8-15)22-20-9-19(26)10-21(27)24(20)29-23(22)16-3-5-18(25)6-4-16/h3-6,9-10,14-15,17,28-29,31H,7-8,11-13H2,1-2H3/t14?,15-,17-. The maximum atomic E-state index is 14.5. The Bertz CT molecular complexity index is 1270. The number of aromatic amines is 1. The van der Waals surface area contributed by atoms with Crippen LogP contribution in [0.3, 0.4) is 0 Å². The maximum absolute atomic E-state index is 14.5. The topological polar surface area (TPSA) is 85.4 Å². The van der Waals surface area contributed by atoms with E-state index in [1.165, 1.54) is 29.6 Å². The zero-order valence-corrected chi connectivity index (χ0v) is 19.8. The molecule has 184 valence electrons. The molecule has 3 N–H and O–H groups in total. The van der Waals surface area contributed by atoms with Crippen LogP contribution in [0, 0.1) is 29.3 Å². The number of aromatic nitrogens is 1. The first-order valence-corrected chi connectivity index (χ1v) is 12.6. The van der Waals surface area contributed by atoms with E-state index in [-0.39, 0.29) is 43.0 Å². The summed E-state index contributed by atoms with van der Waals surface area (Å²) < 4.78 is 70.7. The van der Waals surface area contributed by atoms with Crippen molar-refractivity contribution in [3.05, 3.63) is 59.4 Å². The zero-order chi connectivity index (χ0) is 24.6. The molecule has 1 saturated carbocycles. The summed E-state index contributed by atoms with van der Waals surface area (Å²) in [7, 11) is -2.22. The summed E-state index contributed by atoms with van der Waals surface area (Å²) in [6.07, 6.45) is 1.27. The molecule has 0 aliphatic heterocycles. The van der Waals surface area contributed by atoms with Crippen LogP contribution in [0.5, 0.6) is 0 Å². The van der Waals surface area contributed by atoms with Crippen LogP contribution in [0.2, 0.25) is 0 Å². The number of hydrogen-bond acceptors (Lipinski definition) is 3. The van der Waals surface area contributed by atoms with Gasteiger partial charge in [-0.25, -0.2) is 17.9 Å². The predicted octanol–water partition coefficient (Wildman–Crippen LogP) is 4.14. The van der Waals surface area contributed by atoms with E-state index in [4.69, 9.17) is 5.11 Å². The minimum Gasteiger partial charge on any atom is -0.396 e. The van der Waals surface area contributed by atoms with Crippen LogP contribution in [-0.4, -0.2) is 49.6 Å². The number of benzene rings is 2. The lowest BCUT2D eigenvalue weighted by atomic mass is 9.70. The number of rotatable bonds is 9. The van der Waals surface area contributed by atoms with Crippen molar-refractivity contribution in [3.8, 4) is 11.3 Å². The van der Waals surface area contributed by atoms with Crippen molar-refractivity contribution in [3.63, 3.8) is 0 Å². The molecule has 1 aliphatic rings. The molecular formula is C24H28F3N3O3S. The molecule has 1 atom stereocenters. The van der Waals surface area contributed by atoms with Crippen molar-refractivity contribution < 1.29 is 26.7 Å². The number of aliphatic hydroxyl groups is 1. The van der Waals surface area contributed by atoms with Crippen molar-refractivity contribution in [1.29, 1.82) is 0 Å². The van der Waals surface area contributed by atoms with Gasteiger partial charge in [-0.15, -0.1) is 0 Å². The zero-order valence-electron chi connectivity index (χ0n) is 19.0. The van der Waals surface area contributed by atoms with E-state index in [0.717, 1.165) is 11.6 Å². The SMILES string of the molecule is CC(CO)CN(C)S(=O)(=O)NC[C@H]1C[C@H](c2c(-c3ccc(F)cc3)[nH]c3c(F)cc(F)cc32)C1. The smallest absolute Gasteiger partial charge is 0.279 e. The normalized spacial score (nSPS) is 19.5. The second-order valence-electron chi connectivity index (χ2n) is 9.19. The van der Waals surface area contributed by atoms with Gasteiger partial charge < -0.3 is 10.1 Å². The third-order valence-corrected chi connectivity index (χ3v) is 7.99. The summed E-state index contributed by atoms with van der Waals surface area (Å²) in [6.45, 7) is 2.10. The van der Waals surface area contributed by atoms with Crippen LogP contribution in [0.4, 0.5) is 13.2 Å². The van der Waals surface area contributed by atoms with Gasteiger partial charge in [0, 0.05) is 38.2 Å². The summed E-state index contributed by atoms with van der Waals surface area (Å²) in [5.41, 5.74) is 2.23.